The van der Waals surface area contributed by atoms with Crippen LogP contribution in [-0.4, -0.2) is 12.3 Å². The van der Waals surface area contributed by atoms with E-state index >= 15 is 0 Å². The van der Waals surface area contributed by atoms with Gasteiger partial charge in [0.25, 0.3) is 0 Å². The largest absolute Gasteiger partial charge is 0.367 e. The highest BCUT2D eigenvalue weighted by atomic mass is 35.5. The lowest BCUT2D eigenvalue weighted by atomic mass is 10.1. The number of fused-ring (bicyclic) bond motifs is 1. The van der Waals surface area contributed by atoms with Crippen molar-refractivity contribution < 1.29 is 4.79 Å². The van der Waals surface area contributed by atoms with E-state index < -0.39 is 0 Å². The topological polar surface area (TPSA) is 20.3 Å². The van der Waals surface area contributed by atoms with Crippen molar-refractivity contribution in [2.75, 3.05) is 11.4 Å². The van der Waals surface area contributed by atoms with Crippen LogP contribution in [0, 0.1) is 0 Å². The molecule has 0 spiro atoms. The molecule has 0 N–H and O–H groups in total. The Morgan fingerprint density at radius 1 is 1.05 bits per heavy atom. The van der Waals surface area contributed by atoms with E-state index in [2.05, 4.69) is 4.90 Å². The van der Waals surface area contributed by atoms with Gasteiger partial charge >= 0.3 is 0 Å². The number of rotatable bonds is 2. The molecule has 108 valence electrons. The molecule has 21 heavy (non-hydrogen) atoms. The molecular weight excluding hydrogens is 305 g/mol. The fourth-order valence-corrected chi connectivity index (χ4v) is 3.01. The SMILES string of the molecule is O=C1CCCN(Cc2ccc(Cl)c(Cl)c2)c2ccccc21. The first-order valence-electron chi connectivity index (χ1n) is 6.96. The third-order valence-corrected chi connectivity index (χ3v) is 4.47. The zero-order chi connectivity index (χ0) is 14.8. The van der Waals surface area contributed by atoms with E-state index in [1.165, 1.54) is 0 Å². The highest BCUT2D eigenvalue weighted by Gasteiger charge is 2.20. The Morgan fingerprint density at radius 3 is 2.67 bits per heavy atom. The maximum absolute atomic E-state index is 12.1. The van der Waals surface area contributed by atoms with Gasteiger partial charge in [0, 0.05) is 30.8 Å². The number of ketones is 1. The van der Waals surface area contributed by atoms with E-state index in [1.54, 1.807) is 0 Å². The number of carbonyl (C=O) groups is 1. The van der Waals surface area contributed by atoms with Crippen molar-refractivity contribution in [1.82, 2.24) is 0 Å². The van der Waals surface area contributed by atoms with Crippen LogP contribution in [0.3, 0.4) is 0 Å². The number of anilines is 1. The Hall–Kier alpha value is -1.51. The normalized spacial score (nSPS) is 14.8. The second-order valence-corrected chi connectivity index (χ2v) is 6.03. The molecule has 2 nitrogen and oxygen atoms in total. The summed E-state index contributed by atoms with van der Waals surface area (Å²) < 4.78 is 0. The summed E-state index contributed by atoms with van der Waals surface area (Å²) in [5.41, 5.74) is 2.91. The van der Waals surface area contributed by atoms with Crippen LogP contribution in [0.1, 0.15) is 28.8 Å². The Labute approximate surface area is 134 Å². The van der Waals surface area contributed by atoms with Crippen molar-refractivity contribution in [3.63, 3.8) is 0 Å². The zero-order valence-corrected chi connectivity index (χ0v) is 13.0. The highest BCUT2D eigenvalue weighted by molar-refractivity contribution is 6.42. The fourth-order valence-electron chi connectivity index (χ4n) is 2.69. The Morgan fingerprint density at radius 2 is 1.86 bits per heavy atom. The minimum absolute atomic E-state index is 0.224. The molecule has 0 saturated heterocycles. The van der Waals surface area contributed by atoms with Gasteiger partial charge in [0.05, 0.1) is 10.0 Å². The van der Waals surface area contributed by atoms with Gasteiger partial charge in [0.15, 0.2) is 5.78 Å². The molecule has 0 saturated carbocycles. The third kappa shape index (κ3) is 3.07. The fraction of sp³-hybridized carbons (Fsp3) is 0.235. The van der Waals surface area contributed by atoms with E-state index in [-0.39, 0.29) is 5.78 Å². The molecule has 1 heterocycles. The van der Waals surface area contributed by atoms with Gasteiger partial charge in [-0.25, -0.2) is 0 Å². The predicted molar refractivity (Wildman–Crippen MR) is 87.5 cm³/mol. The molecule has 0 bridgehead atoms. The summed E-state index contributed by atoms with van der Waals surface area (Å²) in [5, 5.41) is 1.13. The van der Waals surface area contributed by atoms with Gasteiger partial charge < -0.3 is 4.90 Å². The number of benzene rings is 2. The number of hydrogen-bond acceptors (Lipinski definition) is 2. The first-order valence-corrected chi connectivity index (χ1v) is 7.72. The van der Waals surface area contributed by atoms with Gasteiger partial charge in [-0.15, -0.1) is 0 Å². The monoisotopic (exact) mass is 319 g/mol. The van der Waals surface area contributed by atoms with Gasteiger partial charge in [-0.05, 0) is 36.2 Å². The van der Waals surface area contributed by atoms with E-state index in [1.807, 2.05) is 42.5 Å². The van der Waals surface area contributed by atoms with Crippen LogP contribution in [-0.2, 0) is 6.54 Å². The Bertz CT molecular complexity index is 684. The minimum atomic E-state index is 0.224. The van der Waals surface area contributed by atoms with Gasteiger partial charge in [-0.2, -0.15) is 0 Å². The maximum Gasteiger partial charge on any atom is 0.165 e. The number of nitrogens with zero attached hydrogens (tertiary/aromatic N) is 1. The van der Waals surface area contributed by atoms with Crippen LogP contribution in [0.15, 0.2) is 42.5 Å². The van der Waals surface area contributed by atoms with Gasteiger partial charge in [-0.3, -0.25) is 4.79 Å². The smallest absolute Gasteiger partial charge is 0.165 e. The van der Waals surface area contributed by atoms with Crippen molar-refractivity contribution >= 4 is 34.7 Å². The lowest BCUT2D eigenvalue weighted by Gasteiger charge is -2.24. The summed E-state index contributed by atoms with van der Waals surface area (Å²) in [6, 6.07) is 13.5. The second kappa shape index (κ2) is 6.08. The molecule has 2 aromatic carbocycles. The minimum Gasteiger partial charge on any atom is -0.367 e. The first-order chi connectivity index (χ1) is 10.1. The van der Waals surface area contributed by atoms with Crippen LogP contribution >= 0.6 is 23.2 Å². The first kappa shape index (κ1) is 14.4. The van der Waals surface area contributed by atoms with Crippen molar-refractivity contribution in [3.8, 4) is 0 Å². The van der Waals surface area contributed by atoms with Crippen molar-refractivity contribution in [2.45, 2.75) is 19.4 Å². The number of Topliss-reactive ketones (excluding diaryl/α,β-unsaturated/α-hetero) is 1. The third-order valence-electron chi connectivity index (χ3n) is 3.73. The van der Waals surface area contributed by atoms with Gasteiger partial charge in [0.2, 0.25) is 0 Å². The van der Waals surface area contributed by atoms with Crippen molar-refractivity contribution in [2.24, 2.45) is 0 Å². The lowest BCUT2D eigenvalue weighted by molar-refractivity contribution is 0.0984. The summed E-state index contributed by atoms with van der Waals surface area (Å²) in [6.07, 6.45) is 1.48. The molecule has 0 radical (unpaired) electrons. The van der Waals surface area contributed by atoms with Crippen LogP contribution in [0.5, 0.6) is 0 Å². The Kier molecular flexibility index (Phi) is 4.18. The van der Waals surface area contributed by atoms with Crippen LogP contribution in [0.4, 0.5) is 5.69 Å². The molecule has 0 unspecified atom stereocenters. The van der Waals surface area contributed by atoms with Crippen LogP contribution < -0.4 is 4.90 Å². The molecule has 0 fully saturated rings. The summed E-state index contributed by atoms with van der Waals surface area (Å²) in [4.78, 5) is 14.4. The lowest BCUT2D eigenvalue weighted by Crippen LogP contribution is -2.23. The molecule has 4 heteroatoms. The molecule has 0 amide bonds. The maximum atomic E-state index is 12.1. The molecule has 1 aliphatic heterocycles. The molecule has 0 aliphatic carbocycles. The number of hydrogen-bond donors (Lipinski definition) is 0. The predicted octanol–water partition coefficient (Wildman–Crippen LogP) is 4.98. The second-order valence-electron chi connectivity index (χ2n) is 5.21. The summed E-state index contributed by atoms with van der Waals surface area (Å²) >= 11 is 12.0. The van der Waals surface area contributed by atoms with Gasteiger partial charge in [-0.1, -0.05) is 41.4 Å². The summed E-state index contributed by atoms with van der Waals surface area (Å²) in [6.45, 7) is 1.59. The molecule has 1 aliphatic rings. The van der Waals surface area contributed by atoms with Crippen LogP contribution in [0.25, 0.3) is 0 Å². The Balaban J connectivity index is 1.92. The van der Waals surface area contributed by atoms with Gasteiger partial charge in [0.1, 0.15) is 0 Å². The standard InChI is InChI=1S/C17H15Cl2NO/c18-14-8-7-12(10-15(14)19)11-20-9-3-6-17(21)13-4-1-2-5-16(13)20/h1-2,4-5,7-8,10H,3,6,9,11H2. The van der Waals surface area contributed by atoms with E-state index in [0.717, 1.165) is 36.3 Å². The molecule has 2 aromatic rings. The van der Waals surface area contributed by atoms with Crippen LogP contribution in [0.2, 0.25) is 10.0 Å². The number of para-hydroxylation sites is 1. The summed E-state index contributed by atoms with van der Waals surface area (Å²) in [7, 11) is 0. The number of halogens is 2. The zero-order valence-electron chi connectivity index (χ0n) is 11.5. The summed E-state index contributed by atoms with van der Waals surface area (Å²) in [5.74, 6) is 0.224. The molecule has 0 atom stereocenters. The molecule has 0 aromatic heterocycles. The van der Waals surface area contributed by atoms with Crippen molar-refractivity contribution in [3.05, 3.63) is 63.6 Å². The molecular formula is C17H15Cl2NO. The average Bonchev–Trinajstić information content (AvgIpc) is 2.64. The average molecular weight is 320 g/mol. The number of carbonyl (C=O) groups excluding carboxylic acids is 1. The highest BCUT2D eigenvalue weighted by Crippen LogP contribution is 2.29. The molecule has 3 rings (SSSR count). The van der Waals surface area contributed by atoms with E-state index in [4.69, 9.17) is 23.2 Å². The van der Waals surface area contributed by atoms with Crippen molar-refractivity contribution in [1.29, 1.82) is 0 Å². The van der Waals surface area contributed by atoms with E-state index in [0.29, 0.717) is 16.5 Å². The quantitative estimate of drug-likeness (QED) is 0.778. The van der Waals surface area contributed by atoms with E-state index in [9.17, 15) is 4.79 Å².